The van der Waals surface area contributed by atoms with Crippen molar-refractivity contribution < 1.29 is 19.1 Å². The summed E-state index contributed by atoms with van der Waals surface area (Å²) < 4.78 is 12.2. The van der Waals surface area contributed by atoms with Crippen LogP contribution >= 0.6 is 11.3 Å². The molecule has 0 N–H and O–H groups in total. The lowest BCUT2D eigenvalue weighted by Crippen LogP contribution is -2.49. The molecule has 8 nitrogen and oxygen atoms in total. The monoisotopic (exact) mass is 396 g/mol. The van der Waals surface area contributed by atoms with E-state index in [9.17, 15) is 9.59 Å². The summed E-state index contributed by atoms with van der Waals surface area (Å²) in [5, 5.41) is 1.99. The van der Waals surface area contributed by atoms with Gasteiger partial charge in [-0.15, -0.1) is 16.3 Å². The Labute approximate surface area is 163 Å². The third-order valence-electron chi connectivity index (χ3n) is 3.94. The highest BCUT2D eigenvalue weighted by Gasteiger charge is 2.26. The molecule has 2 amide bonds. The lowest BCUT2D eigenvalue weighted by atomic mass is 10.2. The highest BCUT2D eigenvalue weighted by atomic mass is 32.1. The maximum absolute atomic E-state index is 12.1. The highest BCUT2D eigenvalue weighted by Crippen LogP contribution is 2.13. The SMILES string of the molecule is C=CCOC(=O)N=c1scc(CN2CCN(C(=O)OC(C)(C)C)CC2)n1C. The van der Waals surface area contributed by atoms with Crippen LogP contribution in [0, 0.1) is 0 Å². The molecule has 0 saturated carbocycles. The molecule has 0 bridgehead atoms. The zero-order valence-corrected chi connectivity index (χ0v) is 17.3. The second kappa shape index (κ2) is 9.18. The Morgan fingerprint density at radius 2 is 1.96 bits per heavy atom. The molecule has 150 valence electrons. The third kappa shape index (κ3) is 6.51. The minimum atomic E-state index is -0.620. The predicted molar refractivity (Wildman–Crippen MR) is 103 cm³/mol. The summed E-state index contributed by atoms with van der Waals surface area (Å²) in [6.45, 7) is 12.8. The molecule has 2 heterocycles. The Balaban J connectivity index is 1.91. The van der Waals surface area contributed by atoms with Gasteiger partial charge in [-0.25, -0.2) is 9.59 Å². The summed E-state index contributed by atoms with van der Waals surface area (Å²) in [4.78, 5) is 32.3. The molecule has 0 aromatic carbocycles. The minimum absolute atomic E-state index is 0.145. The van der Waals surface area contributed by atoms with Gasteiger partial charge >= 0.3 is 12.2 Å². The van der Waals surface area contributed by atoms with E-state index in [1.165, 1.54) is 17.4 Å². The van der Waals surface area contributed by atoms with Crippen molar-refractivity contribution in [2.75, 3.05) is 32.8 Å². The summed E-state index contributed by atoms with van der Waals surface area (Å²) in [5.41, 5.74) is 0.576. The van der Waals surface area contributed by atoms with Gasteiger partial charge in [0.2, 0.25) is 0 Å². The topological polar surface area (TPSA) is 76.4 Å². The van der Waals surface area contributed by atoms with Gasteiger partial charge in [0.1, 0.15) is 12.2 Å². The Hall–Kier alpha value is -2.13. The quantitative estimate of drug-likeness (QED) is 0.731. The highest BCUT2D eigenvalue weighted by molar-refractivity contribution is 7.07. The molecule has 27 heavy (non-hydrogen) atoms. The van der Waals surface area contributed by atoms with Crippen LogP contribution in [0.1, 0.15) is 26.5 Å². The average molecular weight is 397 g/mol. The molecule has 0 radical (unpaired) electrons. The number of ether oxygens (including phenoxy) is 2. The van der Waals surface area contributed by atoms with Crippen LogP contribution in [0.25, 0.3) is 0 Å². The largest absolute Gasteiger partial charge is 0.444 e. The van der Waals surface area contributed by atoms with Crippen LogP contribution in [0.15, 0.2) is 23.0 Å². The van der Waals surface area contributed by atoms with Crippen molar-refractivity contribution in [2.45, 2.75) is 32.9 Å². The Bertz CT molecular complexity index is 739. The smallest absolute Gasteiger partial charge is 0.436 e. The summed E-state index contributed by atoms with van der Waals surface area (Å²) in [6, 6.07) is 0. The first kappa shape index (κ1) is 21.2. The summed E-state index contributed by atoms with van der Waals surface area (Å²) in [6.07, 6.45) is 0.622. The zero-order valence-electron chi connectivity index (χ0n) is 16.4. The van der Waals surface area contributed by atoms with E-state index in [-0.39, 0.29) is 12.7 Å². The number of piperazine rings is 1. The van der Waals surface area contributed by atoms with Gasteiger partial charge in [0.15, 0.2) is 4.80 Å². The maximum atomic E-state index is 12.1. The van der Waals surface area contributed by atoms with E-state index >= 15 is 0 Å². The van der Waals surface area contributed by atoms with E-state index in [2.05, 4.69) is 16.5 Å². The van der Waals surface area contributed by atoms with Gasteiger partial charge in [0, 0.05) is 50.8 Å². The van der Waals surface area contributed by atoms with Gasteiger partial charge in [-0.05, 0) is 20.8 Å². The maximum Gasteiger partial charge on any atom is 0.436 e. The van der Waals surface area contributed by atoms with Crippen LogP contribution in [0.2, 0.25) is 0 Å². The molecule has 1 aromatic rings. The van der Waals surface area contributed by atoms with Crippen molar-refractivity contribution in [3.63, 3.8) is 0 Å². The van der Waals surface area contributed by atoms with Gasteiger partial charge in [-0.2, -0.15) is 0 Å². The van der Waals surface area contributed by atoms with Crippen molar-refractivity contribution >= 4 is 23.5 Å². The van der Waals surface area contributed by atoms with E-state index in [0.717, 1.165) is 25.3 Å². The summed E-state index contributed by atoms with van der Waals surface area (Å²) in [7, 11) is 1.88. The molecule has 0 atom stereocenters. The van der Waals surface area contributed by atoms with E-state index < -0.39 is 11.7 Å². The zero-order chi connectivity index (χ0) is 20.0. The van der Waals surface area contributed by atoms with Crippen LogP contribution in [0.3, 0.4) is 0 Å². The first-order valence-electron chi connectivity index (χ1n) is 8.85. The average Bonchev–Trinajstić information content (AvgIpc) is 2.92. The molecular formula is C18H28N4O4S. The number of nitrogens with zero attached hydrogens (tertiary/aromatic N) is 4. The standard InChI is InChI=1S/C18H28N4O4S/c1-6-11-25-16(23)19-15-20(5)14(13-27-15)12-21-7-9-22(10-8-21)17(24)26-18(2,3)4/h6,13H,1,7-12H2,2-5H3. The number of hydrogen-bond acceptors (Lipinski definition) is 6. The van der Waals surface area contributed by atoms with Gasteiger partial charge in [0.25, 0.3) is 0 Å². The second-order valence-electron chi connectivity index (χ2n) is 7.29. The number of thiazole rings is 1. The molecule has 2 rings (SSSR count). The van der Waals surface area contributed by atoms with Gasteiger partial charge in [-0.3, -0.25) is 4.90 Å². The van der Waals surface area contributed by atoms with E-state index in [1.807, 2.05) is 37.8 Å². The number of aromatic nitrogens is 1. The molecule has 1 saturated heterocycles. The molecule has 0 spiro atoms. The van der Waals surface area contributed by atoms with Crippen LogP contribution in [-0.4, -0.2) is 64.9 Å². The Morgan fingerprint density at radius 3 is 2.56 bits per heavy atom. The van der Waals surface area contributed by atoms with Crippen LogP contribution in [0.4, 0.5) is 9.59 Å². The normalized spacial score (nSPS) is 16.3. The summed E-state index contributed by atoms with van der Waals surface area (Å²) in [5.74, 6) is 0. The molecule has 0 aliphatic carbocycles. The van der Waals surface area contributed by atoms with Gasteiger partial charge in [-0.1, -0.05) is 12.7 Å². The van der Waals surface area contributed by atoms with E-state index in [1.54, 1.807) is 4.90 Å². The van der Waals surface area contributed by atoms with Crippen molar-refractivity contribution in [1.29, 1.82) is 0 Å². The Kier molecular flexibility index (Phi) is 7.20. The van der Waals surface area contributed by atoms with Gasteiger partial charge in [0.05, 0.1) is 0 Å². The molecule has 1 aromatic heterocycles. The molecule has 1 aliphatic rings. The number of carbonyl (C=O) groups excluding carboxylic acids is 2. The van der Waals surface area contributed by atoms with Crippen molar-refractivity contribution in [2.24, 2.45) is 12.0 Å². The molecule has 1 aliphatic heterocycles. The minimum Gasteiger partial charge on any atom is -0.444 e. The van der Waals surface area contributed by atoms with Crippen LogP contribution in [0.5, 0.6) is 0 Å². The fourth-order valence-corrected chi connectivity index (χ4v) is 3.41. The second-order valence-corrected chi connectivity index (χ2v) is 8.13. The van der Waals surface area contributed by atoms with Crippen LogP contribution < -0.4 is 4.80 Å². The van der Waals surface area contributed by atoms with Crippen molar-refractivity contribution in [3.05, 3.63) is 28.5 Å². The predicted octanol–water partition coefficient (Wildman–Crippen LogP) is 2.36. The van der Waals surface area contributed by atoms with Gasteiger partial charge < -0.3 is 18.9 Å². The van der Waals surface area contributed by atoms with Crippen LogP contribution in [-0.2, 0) is 23.1 Å². The fraction of sp³-hybridized carbons (Fsp3) is 0.611. The Morgan fingerprint density at radius 1 is 1.30 bits per heavy atom. The molecule has 1 fully saturated rings. The fourth-order valence-electron chi connectivity index (χ4n) is 2.53. The first-order valence-corrected chi connectivity index (χ1v) is 9.73. The number of carbonyl (C=O) groups is 2. The number of rotatable bonds is 4. The summed E-state index contributed by atoms with van der Waals surface area (Å²) >= 11 is 1.40. The third-order valence-corrected chi connectivity index (χ3v) is 4.91. The van der Waals surface area contributed by atoms with E-state index in [4.69, 9.17) is 9.47 Å². The first-order chi connectivity index (χ1) is 12.7. The molecule has 9 heteroatoms. The number of hydrogen-bond donors (Lipinski definition) is 0. The van der Waals surface area contributed by atoms with Crippen molar-refractivity contribution in [1.82, 2.24) is 14.4 Å². The van der Waals surface area contributed by atoms with E-state index in [0.29, 0.717) is 17.9 Å². The molecule has 0 unspecified atom stereocenters. The lowest BCUT2D eigenvalue weighted by Gasteiger charge is -2.35. The van der Waals surface area contributed by atoms with Crippen molar-refractivity contribution in [3.8, 4) is 0 Å². The lowest BCUT2D eigenvalue weighted by molar-refractivity contribution is 0.0137. The number of amides is 2. The molecular weight excluding hydrogens is 368 g/mol.